The van der Waals surface area contributed by atoms with E-state index in [1.807, 2.05) is 6.07 Å². The van der Waals surface area contributed by atoms with Gasteiger partial charge in [-0.2, -0.15) is 0 Å². The Kier molecular flexibility index (Phi) is 7.89. The maximum Gasteiger partial charge on any atom is 0.144 e. The molecule has 0 radical (unpaired) electrons. The lowest BCUT2D eigenvalue weighted by atomic mass is 9.82. The predicted molar refractivity (Wildman–Crippen MR) is 251 cm³/mol. The number of hydrogen-bond acceptors (Lipinski definition) is 2. The molecule has 0 saturated heterocycles. The van der Waals surface area contributed by atoms with Crippen molar-refractivity contribution >= 4 is 54.3 Å². The van der Waals surface area contributed by atoms with Crippen molar-refractivity contribution in [1.82, 2.24) is 0 Å². The highest BCUT2D eigenvalue weighted by Crippen LogP contribution is 2.53. The van der Waals surface area contributed by atoms with Gasteiger partial charge in [-0.25, -0.2) is 0 Å². The molecule has 0 N–H and O–H groups in total. The van der Waals surface area contributed by atoms with Crippen LogP contribution in [0.5, 0.6) is 0 Å². The Balaban J connectivity index is 1.24. The van der Waals surface area contributed by atoms with Crippen molar-refractivity contribution in [1.29, 1.82) is 0 Å². The topological polar surface area (TPSA) is 26.3 Å². The van der Waals surface area contributed by atoms with Gasteiger partial charge in [0.15, 0.2) is 0 Å². The van der Waals surface area contributed by atoms with E-state index in [-0.39, 0.29) is 0 Å². The van der Waals surface area contributed by atoms with Crippen LogP contribution in [0.4, 0.5) is 0 Å². The van der Waals surface area contributed by atoms with E-state index in [1.165, 1.54) is 22.1 Å². The first-order valence-corrected chi connectivity index (χ1v) is 20.5. The predicted octanol–water partition coefficient (Wildman–Crippen LogP) is 16.6. The molecule has 280 valence electrons. The third-order valence-corrected chi connectivity index (χ3v) is 12.1. The highest BCUT2D eigenvalue weighted by Gasteiger charge is 2.28. The van der Waals surface area contributed by atoms with Crippen molar-refractivity contribution < 1.29 is 8.83 Å². The normalized spacial score (nSPS) is 11.7. The zero-order valence-corrected chi connectivity index (χ0v) is 32.6. The first-order chi connectivity index (χ1) is 29.8. The second kappa shape index (κ2) is 13.9. The van der Waals surface area contributed by atoms with E-state index >= 15 is 0 Å². The summed E-state index contributed by atoms with van der Waals surface area (Å²) < 4.78 is 14.1. The lowest BCUT2D eigenvalue weighted by Crippen LogP contribution is -1.95. The molecule has 0 atom stereocenters. The molecule has 2 nitrogen and oxygen atoms in total. The van der Waals surface area contributed by atoms with Crippen LogP contribution in [0.25, 0.3) is 121 Å². The summed E-state index contributed by atoms with van der Waals surface area (Å²) in [5.74, 6) is 1.68. The average Bonchev–Trinajstić information content (AvgIpc) is 3.93. The molecule has 0 aliphatic rings. The fourth-order valence-electron chi connectivity index (χ4n) is 9.36. The Morgan fingerprint density at radius 1 is 0.250 bits per heavy atom. The lowest BCUT2D eigenvalue weighted by Gasteiger charge is -2.21. The average molecular weight is 765 g/mol. The highest BCUT2D eigenvalue weighted by atomic mass is 16.3. The summed E-state index contributed by atoms with van der Waals surface area (Å²) in [4.78, 5) is 0. The Morgan fingerprint density at radius 3 is 1.52 bits per heavy atom. The Bertz CT molecular complexity index is 3540. The van der Waals surface area contributed by atoms with Crippen LogP contribution >= 0.6 is 0 Å². The van der Waals surface area contributed by atoms with E-state index in [4.69, 9.17) is 8.83 Å². The van der Waals surface area contributed by atoms with Gasteiger partial charge in [-0.1, -0.05) is 188 Å². The van der Waals surface area contributed by atoms with Crippen LogP contribution < -0.4 is 0 Å². The molecule has 60 heavy (non-hydrogen) atoms. The van der Waals surface area contributed by atoms with Gasteiger partial charge in [0.1, 0.15) is 22.7 Å². The standard InChI is InChI=1S/C58H36O2/c1-3-16-37(17-4-1)39-30-32-40(33-31-39)53-45-24-9-7-20-42(45)35-49-55(46-25-10-11-26-47(46)56(57(49)53)52-36-43-21-8-13-28-50(43)59-52)58-54(48-27-12-14-29-51(48)60-58)44-23-15-22-41(34-44)38-18-5-2-6-19-38/h1-36H. The van der Waals surface area contributed by atoms with E-state index < -0.39 is 0 Å². The first-order valence-electron chi connectivity index (χ1n) is 20.5. The third kappa shape index (κ3) is 5.50. The van der Waals surface area contributed by atoms with Gasteiger partial charge in [0.2, 0.25) is 0 Å². The summed E-state index contributed by atoms with van der Waals surface area (Å²) in [5, 5.41) is 8.90. The molecule has 2 heterocycles. The van der Waals surface area contributed by atoms with Crippen molar-refractivity contribution in [3.05, 3.63) is 218 Å². The number of fused-ring (bicyclic) bond motifs is 5. The second-order valence-electron chi connectivity index (χ2n) is 15.5. The van der Waals surface area contributed by atoms with Gasteiger partial charge in [0, 0.05) is 32.8 Å². The third-order valence-electron chi connectivity index (χ3n) is 12.1. The Hall–Kier alpha value is -7.94. The van der Waals surface area contributed by atoms with Crippen molar-refractivity contribution in [2.75, 3.05) is 0 Å². The van der Waals surface area contributed by atoms with E-state index in [2.05, 4.69) is 212 Å². The van der Waals surface area contributed by atoms with Gasteiger partial charge in [-0.3, -0.25) is 0 Å². The quantitative estimate of drug-likeness (QED) is 0.158. The van der Waals surface area contributed by atoms with Gasteiger partial charge in [-0.15, -0.1) is 0 Å². The highest BCUT2D eigenvalue weighted by molar-refractivity contribution is 6.29. The molecule has 0 unspecified atom stereocenters. The first kappa shape index (κ1) is 34.1. The Labute approximate surface area is 347 Å². The minimum atomic E-state index is 0.835. The summed E-state index contributed by atoms with van der Waals surface area (Å²) in [6, 6.07) is 78.0. The van der Waals surface area contributed by atoms with Crippen molar-refractivity contribution in [2.24, 2.45) is 0 Å². The van der Waals surface area contributed by atoms with Crippen LogP contribution in [-0.4, -0.2) is 0 Å². The molecule has 0 saturated carbocycles. The number of benzene rings is 10. The van der Waals surface area contributed by atoms with Gasteiger partial charge >= 0.3 is 0 Å². The fourth-order valence-corrected chi connectivity index (χ4v) is 9.36. The van der Waals surface area contributed by atoms with Gasteiger partial charge < -0.3 is 8.83 Å². The Morgan fingerprint density at radius 2 is 0.783 bits per heavy atom. The maximum atomic E-state index is 7.19. The molecular formula is C58H36O2. The summed E-state index contributed by atoms with van der Waals surface area (Å²) in [6.45, 7) is 0. The summed E-state index contributed by atoms with van der Waals surface area (Å²) in [6.07, 6.45) is 0. The van der Waals surface area contributed by atoms with Crippen molar-refractivity contribution in [2.45, 2.75) is 0 Å². The van der Waals surface area contributed by atoms with Crippen molar-refractivity contribution in [3.63, 3.8) is 0 Å². The summed E-state index contributed by atoms with van der Waals surface area (Å²) in [7, 11) is 0. The second-order valence-corrected chi connectivity index (χ2v) is 15.5. The molecule has 0 fully saturated rings. The molecule has 0 aliphatic heterocycles. The summed E-state index contributed by atoms with van der Waals surface area (Å²) >= 11 is 0. The molecular weight excluding hydrogens is 729 g/mol. The molecule has 12 rings (SSSR count). The summed E-state index contributed by atoms with van der Waals surface area (Å²) in [5.41, 5.74) is 13.0. The van der Waals surface area contributed by atoms with Crippen LogP contribution in [-0.2, 0) is 0 Å². The van der Waals surface area contributed by atoms with Crippen LogP contribution in [0.15, 0.2) is 227 Å². The number of para-hydroxylation sites is 2. The zero-order valence-electron chi connectivity index (χ0n) is 32.6. The van der Waals surface area contributed by atoms with E-state index in [0.717, 1.165) is 99.3 Å². The van der Waals surface area contributed by atoms with Crippen molar-refractivity contribution in [3.8, 4) is 67.2 Å². The molecule has 0 aliphatic carbocycles. The smallest absolute Gasteiger partial charge is 0.144 e. The molecule has 2 aromatic heterocycles. The van der Waals surface area contributed by atoms with Crippen LogP contribution in [0.3, 0.4) is 0 Å². The SMILES string of the molecule is c1ccc(-c2ccc(-c3c4ccccc4cc4c(-c5oc6ccccc6c5-c5cccc(-c6ccccc6)c5)c5ccccc5c(-c5cc6ccccc6o5)c34)cc2)cc1. The van der Waals surface area contributed by atoms with E-state index in [0.29, 0.717) is 0 Å². The number of furan rings is 2. The number of rotatable bonds is 6. The largest absolute Gasteiger partial charge is 0.456 e. The molecule has 0 amide bonds. The molecule has 0 spiro atoms. The van der Waals surface area contributed by atoms with Crippen LogP contribution in [0.1, 0.15) is 0 Å². The van der Waals surface area contributed by atoms with Gasteiger partial charge in [0.05, 0.1) is 0 Å². The molecule has 0 bridgehead atoms. The zero-order chi connectivity index (χ0) is 39.6. The maximum absolute atomic E-state index is 7.19. The van der Waals surface area contributed by atoms with Crippen LogP contribution in [0, 0.1) is 0 Å². The molecule has 2 heteroatoms. The molecule has 12 aromatic rings. The number of hydrogen-bond donors (Lipinski definition) is 0. The van der Waals surface area contributed by atoms with E-state index in [1.54, 1.807) is 0 Å². The van der Waals surface area contributed by atoms with E-state index in [9.17, 15) is 0 Å². The van der Waals surface area contributed by atoms with Crippen LogP contribution in [0.2, 0.25) is 0 Å². The molecule has 10 aromatic carbocycles. The lowest BCUT2D eigenvalue weighted by molar-refractivity contribution is 0.632. The monoisotopic (exact) mass is 764 g/mol. The fraction of sp³-hybridized carbons (Fsp3) is 0. The van der Waals surface area contributed by atoms with Gasteiger partial charge in [0.25, 0.3) is 0 Å². The minimum absolute atomic E-state index is 0.835. The van der Waals surface area contributed by atoms with Gasteiger partial charge in [-0.05, 0) is 96.2 Å². The minimum Gasteiger partial charge on any atom is -0.456 e.